The first-order chi connectivity index (χ1) is 12.7. The maximum atomic E-state index is 11.0. The van der Waals surface area contributed by atoms with Gasteiger partial charge in [-0.05, 0) is 30.6 Å². The molecule has 6 heteroatoms. The van der Waals surface area contributed by atoms with Crippen LogP contribution < -0.4 is 15.5 Å². The van der Waals surface area contributed by atoms with Crippen molar-refractivity contribution in [2.24, 2.45) is 0 Å². The summed E-state index contributed by atoms with van der Waals surface area (Å²) in [6.45, 7) is 5.33. The van der Waals surface area contributed by atoms with Crippen molar-refractivity contribution in [3.63, 3.8) is 0 Å². The van der Waals surface area contributed by atoms with E-state index in [1.807, 2.05) is 0 Å². The highest BCUT2D eigenvalue weighted by Crippen LogP contribution is 2.04. The zero-order valence-corrected chi connectivity index (χ0v) is 16.6. The van der Waals surface area contributed by atoms with Crippen LogP contribution in [0.25, 0.3) is 0 Å². The fourth-order valence-electron chi connectivity index (χ4n) is 3.24. The molecule has 0 aliphatic carbocycles. The van der Waals surface area contributed by atoms with E-state index in [0.717, 1.165) is 38.9 Å². The lowest BCUT2D eigenvalue weighted by Crippen LogP contribution is -3.08. The number of ether oxygens (including phenoxy) is 1. The van der Waals surface area contributed by atoms with Crippen LogP contribution in [-0.2, 0) is 22.6 Å². The molecule has 0 bridgehead atoms. The molecular formula is C20H32N3O2S+. The van der Waals surface area contributed by atoms with E-state index in [0.29, 0.717) is 11.5 Å². The van der Waals surface area contributed by atoms with E-state index in [-0.39, 0.29) is 5.97 Å². The van der Waals surface area contributed by atoms with Crippen molar-refractivity contribution in [1.82, 2.24) is 10.6 Å². The molecule has 1 aromatic carbocycles. The second-order valence-corrected chi connectivity index (χ2v) is 7.35. The zero-order chi connectivity index (χ0) is 18.6. The third-order valence-electron chi connectivity index (χ3n) is 4.81. The fraction of sp³-hybridized carbons (Fsp3) is 0.600. The van der Waals surface area contributed by atoms with Crippen LogP contribution in [0.1, 0.15) is 49.7 Å². The van der Waals surface area contributed by atoms with Crippen molar-refractivity contribution in [2.45, 2.75) is 51.6 Å². The van der Waals surface area contributed by atoms with Crippen LogP contribution in [-0.4, -0.2) is 37.8 Å². The van der Waals surface area contributed by atoms with Gasteiger partial charge in [-0.1, -0.05) is 30.7 Å². The van der Waals surface area contributed by atoms with Gasteiger partial charge in [-0.2, -0.15) is 0 Å². The first-order valence-electron chi connectivity index (χ1n) is 9.67. The predicted molar refractivity (Wildman–Crippen MR) is 108 cm³/mol. The Labute approximate surface area is 162 Å². The number of hydrogen-bond acceptors (Lipinski definition) is 3. The first-order valence-corrected chi connectivity index (χ1v) is 10.1. The standard InChI is InChI=1S/C20H31N3O2S/c1-25-19(24)7-3-2-4-12-21-20(26)22-15-17-8-10-18(11-9-17)16-23-13-5-6-14-23/h8-11H,2-7,12-16H2,1H3,(H2,21,22,26)/p+1. The molecule has 1 heterocycles. The number of unbranched alkanes of at least 4 members (excludes halogenated alkanes) is 2. The Morgan fingerprint density at radius 2 is 1.77 bits per heavy atom. The Morgan fingerprint density at radius 1 is 1.08 bits per heavy atom. The second kappa shape index (κ2) is 11.9. The molecule has 0 atom stereocenters. The molecule has 5 nitrogen and oxygen atoms in total. The number of likely N-dealkylation sites (tertiary alicyclic amines) is 1. The normalized spacial score (nSPS) is 14.2. The highest BCUT2D eigenvalue weighted by molar-refractivity contribution is 7.80. The maximum Gasteiger partial charge on any atom is 0.305 e. The summed E-state index contributed by atoms with van der Waals surface area (Å²) >= 11 is 5.31. The Hall–Kier alpha value is -1.66. The van der Waals surface area contributed by atoms with Gasteiger partial charge in [0.15, 0.2) is 5.11 Å². The van der Waals surface area contributed by atoms with E-state index < -0.39 is 0 Å². The summed E-state index contributed by atoms with van der Waals surface area (Å²) in [6.07, 6.45) is 6.08. The molecule has 1 aliphatic heterocycles. The van der Waals surface area contributed by atoms with Crippen molar-refractivity contribution < 1.29 is 14.4 Å². The van der Waals surface area contributed by atoms with Gasteiger partial charge in [0.2, 0.25) is 0 Å². The largest absolute Gasteiger partial charge is 0.469 e. The summed E-state index contributed by atoms with van der Waals surface area (Å²) in [4.78, 5) is 12.7. The van der Waals surface area contributed by atoms with Crippen LogP contribution >= 0.6 is 12.2 Å². The minimum atomic E-state index is -0.136. The molecule has 3 N–H and O–H groups in total. The van der Waals surface area contributed by atoms with Crippen LogP contribution in [0.3, 0.4) is 0 Å². The topological polar surface area (TPSA) is 54.8 Å². The summed E-state index contributed by atoms with van der Waals surface area (Å²) < 4.78 is 4.62. The highest BCUT2D eigenvalue weighted by Gasteiger charge is 2.15. The van der Waals surface area contributed by atoms with Crippen LogP contribution in [0.5, 0.6) is 0 Å². The van der Waals surface area contributed by atoms with Crippen LogP contribution in [0.2, 0.25) is 0 Å². The number of benzene rings is 1. The van der Waals surface area contributed by atoms with Crippen molar-refractivity contribution >= 4 is 23.3 Å². The van der Waals surface area contributed by atoms with Gasteiger partial charge in [-0.15, -0.1) is 0 Å². The Kier molecular flexibility index (Phi) is 9.42. The number of nitrogens with one attached hydrogen (secondary N) is 3. The molecule has 0 aromatic heterocycles. The van der Waals surface area contributed by atoms with E-state index in [1.54, 1.807) is 4.90 Å². The molecule has 2 rings (SSSR count). The van der Waals surface area contributed by atoms with Crippen LogP contribution in [0.4, 0.5) is 0 Å². The molecule has 26 heavy (non-hydrogen) atoms. The molecule has 0 unspecified atom stereocenters. The van der Waals surface area contributed by atoms with Gasteiger partial charge in [0.25, 0.3) is 0 Å². The number of carbonyl (C=O) groups excluding carboxylic acids is 1. The smallest absolute Gasteiger partial charge is 0.305 e. The Bertz CT molecular complexity index is 557. The van der Waals surface area contributed by atoms with Gasteiger partial charge in [-0.25, -0.2) is 0 Å². The summed E-state index contributed by atoms with van der Waals surface area (Å²) in [5, 5.41) is 7.15. The molecule has 1 saturated heterocycles. The number of carbonyl (C=O) groups is 1. The lowest BCUT2D eigenvalue weighted by atomic mass is 10.1. The van der Waals surface area contributed by atoms with Crippen molar-refractivity contribution in [3.05, 3.63) is 35.4 Å². The summed E-state index contributed by atoms with van der Waals surface area (Å²) in [6, 6.07) is 8.85. The molecule has 1 aliphatic rings. The molecule has 0 amide bonds. The van der Waals surface area contributed by atoms with E-state index in [1.165, 1.54) is 44.2 Å². The number of methoxy groups -OCH3 is 1. The average molecular weight is 379 g/mol. The van der Waals surface area contributed by atoms with Gasteiger partial charge in [0, 0.05) is 37.9 Å². The lowest BCUT2D eigenvalue weighted by Gasteiger charge is -2.13. The van der Waals surface area contributed by atoms with Gasteiger partial charge in [-0.3, -0.25) is 4.79 Å². The monoisotopic (exact) mass is 378 g/mol. The molecule has 0 radical (unpaired) electrons. The quantitative estimate of drug-likeness (QED) is 0.328. The zero-order valence-electron chi connectivity index (χ0n) is 15.8. The molecule has 1 aromatic rings. The number of rotatable bonds is 10. The third-order valence-corrected chi connectivity index (χ3v) is 5.10. The van der Waals surface area contributed by atoms with Crippen LogP contribution in [0, 0.1) is 0 Å². The Balaban J connectivity index is 1.55. The van der Waals surface area contributed by atoms with Crippen molar-refractivity contribution in [1.29, 1.82) is 0 Å². The average Bonchev–Trinajstić information content (AvgIpc) is 3.16. The second-order valence-electron chi connectivity index (χ2n) is 6.95. The van der Waals surface area contributed by atoms with Gasteiger partial charge in [0.1, 0.15) is 6.54 Å². The minimum absolute atomic E-state index is 0.136. The minimum Gasteiger partial charge on any atom is -0.469 e. The number of thiocarbonyl (C=S) groups is 1. The third kappa shape index (κ3) is 8.15. The van der Waals surface area contributed by atoms with Gasteiger partial charge in [0.05, 0.1) is 20.2 Å². The lowest BCUT2D eigenvalue weighted by molar-refractivity contribution is -0.901. The van der Waals surface area contributed by atoms with E-state index in [2.05, 4.69) is 39.6 Å². The van der Waals surface area contributed by atoms with E-state index in [4.69, 9.17) is 12.2 Å². The van der Waals surface area contributed by atoms with Crippen molar-refractivity contribution in [2.75, 3.05) is 26.7 Å². The summed E-state index contributed by atoms with van der Waals surface area (Å²) in [7, 11) is 1.43. The van der Waals surface area contributed by atoms with Gasteiger partial charge < -0.3 is 20.3 Å². The molecular weight excluding hydrogens is 346 g/mol. The Morgan fingerprint density at radius 3 is 2.46 bits per heavy atom. The fourth-order valence-corrected chi connectivity index (χ4v) is 3.41. The molecule has 1 fully saturated rings. The number of hydrogen-bond donors (Lipinski definition) is 3. The van der Waals surface area contributed by atoms with Crippen molar-refractivity contribution in [3.8, 4) is 0 Å². The predicted octanol–water partition coefficient (Wildman–Crippen LogP) is 1.56. The summed E-state index contributed by atoms with van der Waals surface area (Å²) in [5.74, 6) is -0.136. The van der Waals surface area contributed by atoms with Gasteiger partial charge >= 0.3 is 5.97 Å². The molecule has 0 spiro atoms. The SMILES string of the molecule is COC(=O)CCCCCNC(=S)NCc1ccc(C[NH+]2CCCC2)cc1. The van der Waals surface area contributed by atoms with E-state index in [9.17, 15) is 4.79 Å². The van der Waals surface area contributed by atoms with E-state index >= 15 is 0 Å². The molecule has 0 saturated carbocycles. The number of esters is 1. The van der Waals surface area contributed by atoms with Crippen LogP contribution in [0.15, 0.2) is 24.3 Å². The number of quaternary nitrogens is 1. The highest BCUT2D eigenvalue weighted by atomic mass is 32.1. The summed E-state index contributed by atoms with van der Waals surface area (Å²) in [5.41, 5.74) is 2.66. The maximum absolute atomic E-state index is 11.0. The molecule has 144 valence electrons. The first kappa shape index (κ1) is 20.6.